The summed E-state index contributed by atoms with van der Waals surface area (Å²) in [6, 6.07) is 3.04. The topological polar surface area (TPSA) is 77.8 Å². The number of aliphatic hydroxyl groups is 1. The number of piperidine rings is 1. The Balaban J connectivity index is 1.47. The van der Waals surface area contributed by atoms with Crippen LogP contribution < -0.4 is 0 Å². The number of halogens is 2. The molecule has 4 atom stereocenters. The van der Waals surface area contributed by atoms with Gasteiger partial charge in [-0.25, -0.2) is 8.78 Å². The predicted octanol–water partition coefficient (Wildman–Crippen LogP) is 2.11. The molecule has 4 unspecified atom stereocenters. The molecule has 2 saturated heterocycles. The first-order valence-corrected chi connectivity index (χ1v) is 8.99. The van der Waals surface area contributed by atoms with Crippen LogP contribution in [0.2, 0.25) is 0 Å². The van der Waals surface area contributed by atoms with Crippen molar-refractivity contribution in [2.45, 2.75) is 56.2 Å². The maximum atomic E-state index is 14.0. The van der Waals surface area contributed by atoms with Crippen molar-refractivity contribution in [2.75, 3.05) is 0 Å². The smallest absolute Gasteiger partial charge is 0.307 e. The number of benzene rings is 1. The highest BCUT2D eigenvalue weighted by Gasteiger charge is 2.56. The summed E-state index contributed by atoms with van der Waals surface area (Å²) in [4.78, 5) is 25.5. The fraction of sp³-hybridized carbons (Fsp3) is 0.579. The minimum Gasteiger partial charge on any atom is -0.481 e. The maximum Gasteiger partial charge on any atom is 0.307 e. The lowest BCUT2D eigenvalue weighted by Crippen LogP contribution is -2.54. The van der Waals surface area contributed by atoms with Crippen molar-refractivity contribution >= 4 is 11.9 Å². The van der Waals surface area contributed by atoms with Crippen LogP contribution >= 0.6 is 0 Å². The van der Waals surface area contributed by atoms with Crippen LogP contribution in [0.1, 0.15) is 37.7 Å². The summed E-state index contributed by atoms with van der Waals surface area (Å²) in [6.07, 6.45) is 2.64. The molecule has 2 aliphatic heterocycles. The quantitative estimate of drug-likeness (QED) is 0.857. The number of amides is 1. The zero-order chi connectivity index (χ0) is 18.6. The second kappa shape index (κ2) is 6.01. The highest BCUT2D eigenvalue weighted by molar-refractivity contribution is 5.90. The van der Waals surface area contributed by atoms with Crippen molar-refractivity contribution in [3.63, 3.8) is 0 Å². The third-order valence-corrected chi connectivity index (χ3v) is 6.07. The SMILES string of the molecule is O=C(O)C1CC1C(=O)N1C2CCC1CC(O)(Cc1ccc(F)cc1F)C2. The molecule has 5 nitrogen and oxygen atoms in total. The Morgan fingerprint density at radius 1 is 1.15 bits per heavy atom. The number of carboxylic acids is 1. The highest BCUT2D eigenvalue weighted by atomic mass is 19.1. The summed E-state index contributed by atoms with van der Waals surface area (Å²) in [5.74, 6) is -3.43. The second-order valence-electron chi connectivity index (χ2n) is 7.96. The molecular weight excluding hydrogens is 344 g/mol. The summed E-state index contributed by atoms with van der Waals surface area (Å²) >= 11 is 0. The third-order valence-electron chi connectivity index (χ3n) is 6.07. The van der Waals surface area contributed by atoms with E-state index >= 15 is 0 Å². The summed E-state index contributed by atoms with van der Waals surface area (Å²) in [5.41, 5.74) is -0.877. The molecule has 26 heavy (non-hydrogen) atoms. The molecule has 1 saturated carbocycles. The van der Waals surface area contributed by atoms with Crippen LogP contribution in [0.4, 0.5) is 8.78 Å². The van der Waals surface area contributed by atoms with Crippen molar-refractivity contribution in [1.82, 2.24) is 4.90 Å². The molecule has 1 aliphatic carbocycles. The van der Waals surface area contributed by atoms with Crippen molar-refractivity contribution in [2.24, 2.45) is 11.8 Å². The van der Waals surface area contributed by atoms with Gasteiger partial charge in [0.15, 0.2) is 0 Å². The van der Waals surface area contributed by atoms with E-state index in [4.69, 9.17) is 5.11 Å². The largest absolute Gasteiger partial charge is 0.481 e. The number of carbonyl (C=O) groups excluding carboxylic acids is 1. The van der Waals surface area contributed by atoms with Gasteiger partial charge in [-0.2, -0.15) is 0 Å². The van der Waals surface area contributed by atoms with Crippen LogP contribution in [-0.4, -0.2) is 44.7 Å². The van der Waals surface area contributed by atoms with Crippen LogP contribution in [0.15, 0.2) is 18.2 Å². The summed E-state index contributed by atoms with van der Waals surface area (Å²) in [5, 5.41) is 20.0. The molecule has 2 N–H and O–H groups in total. The number of rotatable bonds is 4. The Kier molecular flexibility index (Phi) is 4.02. The average molecular weight is 365 g/mol. The lowest BCUT2D eigenvalue weighted by atomic mass is 9.81. The van der Waals surface area contributed by atoms with Gasteiger partial charge in [0.25, 0.3) is 0 Å². The van der Waals surface area contributed by atoms with Gasteiger partial charge in [0.2, 0.25) is 5.91 Å². The first-order chi connectivity index (χ1) is 12.3. The van der Waals surface area contributed by atoms with Gasteiger partial charge in [-0.3, -0.25) is 9.59 Å². The Labute approximate surface area is 149 Å². The minimum atomic E-state index is -1.14. The zero-order valence-corrected chi connectivity index (χ0v) is 14.2. The number of aliphatic carboxylic acids is 1. The molecule has 0 spiro atoms. The number of carboxylic acid groups (broad SMARTS) is 1. The Hall–Kier alpha value is -2.02. The molecule has 3 aliphatic rings. The van der Waals surface area contributed by atoms with E-state index in [9.17, 15) is 23.5 Å². The Morgan fingerprint density at radius 2 is 1.81 bits per heavy atom. The van der Waals surface area contributed by atoms with Crippen LogP contribution in [0.5, 0.6) is 0 Å². The molecule has 0 aromatic heterocycles. The average Bonchev–Trinajstić information content (AvgIpc) is 3.30. The van der Waals surface area contributed by atoms with E-state index in [-0.39, 0.29) is 30.0 Å². The van der Waals surface area contributed by atoms with E-state index in [2.05, 4.69) is 0 Å². The molecular formula is C19H21F2NO4. The Morgan fingerprint density at radius 3 is 2.35 bits per heavy atom. The Bertz CT molecular complexity index is 754. The van der Waals surface area contributed by atoms with E-state index < -0.39 is 35.0 Å². The normalized spacial score (nSPS) is 35.4. The molecule has 0 radical (unpaired) electrons. The number of hydrogen-bond acceptors (Lipinski definition) is 3. The molecule has 7 heteroatoms. The molecule has 1 aromatic carbocycles. The fourth-order valence-electron chi connectivity index (χ4n) is 4.78. The lowest BCUT2D eigenvalue weighted by molar-refractivity contribution is -0.146. The van der Waals surface area contributed by atoms with Gasteiger partial charge in [0, 0.05) is 24.6 Å². The van der Waals surface area contributed by atoms with E-state index in [0.29, 0.717) is 19.3 Å². The number of fused-ring (bicyclic) bond motifs is 2. The van der Waals surface area contributed by atoms with Gasteiger partial charge in [-0.05, 0) is 43.7 Å². The van der Waals surface area contributed by atoms with Gasteiger partial charge in [-0.15, -0.1) is 0 Å². The maximum absolute atomic E-state index is 14.0. The second-order valence-corrected chi connectivity index (χ2v) is 7.96. The summed E-state index contributed by atoms with van der Waals surface area (Å²) < 4.78 is 27.0. The van der Waals surface area contributed by atoms with Gasteiger partial charge >= 0.3 is 5.97 Å². The summed E-state index contributed by atoms with van der Waals surface area (Å²) in [7, 11) is 0. The molecule has 4 rings (SSSR count). The van der Waals surface area contributed by atoms with Crippen molar-refractivity contribution in [3.8, 4) is 0 Å². The summed E-state index contributed by atoms with van der Waals surface area (Å²) in [6.45, 7) is 0. The van der Waals surface area contributed by atoms with E-state index in [1.807, 2.05) is 0 Å². The van der Waals surface area contributed by atoms with Crippen LogP contribution in [0.3, 0.4) is 0 Å². The van der Waals surface area contributed by atoms with Crippen molar-refractivity contribution in [1.29, 1.82) is 0 Å². The van der Waals surface area contributed by atoms with Crippen LogP contribution in [-0.2, 0) is 16.0 Å². The first-order valence-electron chi connectivity index (χ1n) is 8.99. The fourth-order valence-corrected chi connectivity index (χ4v) is 4.78. The molecule has 2 heterocycles. The number of hydrogen-bond donors (Lipinski definition) is 2. The lowest BCUT2D eigenvalue weighted by Gasteiger charge is -2.44. The number of nitrogens with zero attached hydrogens (tertiary/aromatic N) is 1. The van der Waals surface area contributed by atoms with Crippen LogP contribution in [0.25, 0.3) is 0 Å². The van der Waals surface area contributed by atoms with E-state index in [0.717, 1.165) is 18.9 Å². The van der Waals surface area contributed by atoms with E-state index in [1.165, 1.54) is 12.1 Å². The number of carbonyl (C=O) groups is 2. The highest BCUT2D eigenvalue weighted by Crippen LogP contribution is 2.47. The molecule has 1 amide bonds. The van der Waals surface area contributed by atoms with E-state index in [1.54, 1.807) is 4.90 Å². The molecule has 1 aromatic rings. The minimum absolute atomic E-state index is 0.0787. The molecule has 140 valence electrons. The third kappa shape index (κ3) is 2.98. The first kappa shape index (κ1) is 17.4. The van der Waals surface area contributed by atoms with Gasteiger partial charge in [0.1, 0.15) is 11.6 Å². The standard InChI is InChI=1S/C19H21F2NO4/c20-11-2-1-10(16(21)5-11)7-19(26)8-12-3-4-13(9-19)22(12)17(23)14-6-15(14)18(24)25/h1-2,5,12-15,26H,3-4,6-9H2,(H,24,25). The van der Waals surface area contributed by atoms with Crippen molar-refractivity contribution < 1.29 is 28.6 Å². The van der Waals surface area contributed by atoms with Gasteiger partial charge < -0.3 is 15.1 Å². The van der Waals surface area contributed by atoms with Gasteiger partial charge in [0.05, 0.1) is 17.4 Å². The molecule has 3 fully saturated rings. The van der Waals surface area contributed by atoms with Crippen LogP contribution in [0, 0.1) is 23.5 Å². The predicted molar refractivity (Wildman–Crippen MR) is 87.1 cm³/mol. The molecule has 2 bridgehead atoms. The van der Waals surface area contributed by atoms with Crippen molar-refractivity contribution in [3.05, 3.63) is 35.4 Å². The zero-order valence-electron chi connectivity index (χ0n) is 14.2. The monoisotopic (exact) mass is 365 g/mol. The van der Waals surface area contributed by atoms with Gasteiger partial charge in [-0.1, -0.05) is 6.07 Å².